The smallest absolute Gasteiger partial charge is 0.269 e. The van der Waals surface area contributed by atoms with Crippen LogP contribution in [0.25, 0.3) is 33.1 Å². The van der Waals surface area contributed by atoms with E-state index in [1.165, 1.54) is 0 Å². The topological polar surface area (TPSA) is 78.0 Å². The summed E-state index contributed by atoms with van der Waals surface area (Å²) >= 11 is 6.41. The van der Waals surface area contributed by atoms with E-state index < -0.39 is 0 Å². The third-order valence-electron chi connectivity index (χ3n) is 4.48. The Labute approximate surface area is 161 Å². The van der Waals surface area contributed by atoms with E-state index in [0.717, 1.165) is 27.4 Å². The number of carbonyl (C=O) groups is 1. The van der Waals surface area contributed by atoms with Crippen molar-refractivity contribution in [2.24, 2.45) is 0 Å². The number of aliphatic hydroxyl groups is 1. The van der Waals surface area contributed by atoms with E-state index in [4.69, 9.17) is 16.7 Å². The van der Waals surface area contributed by atoms with Crippen molar-refractivity contribution in [1.29, 1.82) is 0 Å². The van der Waals surface area contributed by atoms with Gasteiger partial charge in [0.05, 0.1) is 16.2 Å². The second-order valence-corrected chi connectivity index (χ2v) is 6.67. The highest BCUT2D eigenvalue weighted by atomic mass is 35.5. The minimum atomic E-state index is -0.274. The van der Waals surface area contributed by atoms with Gasteiger partial charge in [-0.15, -0.1) is 0 Å². The van der Waals surface area contributed by atoms with Gasteiger partial charge in [0, 0.05) is 35.0 Å². The van der Waals surface area contributed by atoms with Crippen molar-refractivity contribution in [3.63, 3.8) is 0 Å². The zero-order chi connectivity index (χ0) is 18.8. The Morgan fingerprint density at radius 2 is 1.89 bits per heavy atom. The lowest BCUT2D eigenvalue weighted by molar-refractivity contribution is 0.0946. The van der Waals surface area contributed by atoms with Gasteiger partial charge in [-0.05, 0) is 24.6 Å². The molecule has 4 aromatic rings. The Hall–Kier alpha value is -2.89. The van der Waals surface area contributed by atoms with Gasteiger partial charge < -0.3 is 15.4 Å². The highest BCUT2D eigenvalue weighted by molar-refractivity contribution is 6.33. The fourth-order valence-electron chi connectivity index (χ4n) is 3.18. The lowest BCUT2D eigenvalue weighted by atomic mass is 10.1. The predicted molar refractivity (Wildman–Crippen MR) is 108 cm³/mol. The largest absolute Gasteiger partial charge is 0.396 e. The van der Waals surface area contributed by atoms with Crippen LogP contribution in [0.15, 0.2) is 54.6 Å². The molecule has 0 saturated carbocycles. The molecule has 136 valence electrons. The summed E-state index contributed by atoms with van der Waals surface area (Å²) in [6.45, 7) is 0.421. The zero-order valence-corrected chi connectivity index (χ0v) is 15.3. The summed E-state index contributed by atoms with van der Waals surface area (Å²) < 4.78 is 0. The van der Waals surface area contributed by atoms with Crippen LogP contribution in [0.5, 0.6) is 0 Å². The van der Waals surface area contributed by atoms with Gasteiger partial charge in [0.1, 0.15) is 5.69 Å². The van der Waals surface area contributed by atoms with E-state index in [9.17, 15) is 4.79 Å². The summed E-state index contributed by atoms with van der Waals surface area (Å²) in [4.78, 5) is 20.6. The first-order valence-corrected chi connectivity index (χ1v) is 9.12. The zero-order valence-electron chi connectivity index (χ0n) is 14.5. The van der Waals surface area contributed by atoms with E-state index >= 15 is 0 Å². The maximum Gasteiger partial charge on any atom is 0.269 e. The van der Waals surface area contributed by atoms with Crippen LogP contribution in [0.3, 0.4) is 0 Å². The number of fused-ring (bicyclic) bond motifs is 3. The average molecular weight is 380 g/mol. The molecule has 0 radical (unpaired) electrons. The van der Waals surface area contributed by atoms with Crippen molar-refractivity contribution < 1.29 is 9.90 Å². The third-order valence-corrected chi connectivity index (χ3v) is 4.81. The minimum Gasteiger partial charge on any atom is -0.396 e. The molecular formula is C21H18ClN3O2. The van der Waals surface area contributed by atoms with E-state index in [2.05, 4.69) is 15.3 Å². The first kappa shape index (κ1) is 17.5. The van der Waals surface area contributed by atoms with Gasteiger partial charge in [-0.2, -0.15) is 0 Å². The molecule has 6 heteroatoms. The van der Waals surface area contributed by atoms with Gasteiger partial charge in [0.2, 0.25) is 0 Å². The Kier molecular flexibility index (Phi) is 4.79. The molecule has 0 bridgehead atoms. The highest BCUT2D eigenvalue weighted by Crippen LogP contribution is 2.35. The molecule has 0 unspecified atom stereocenters. The van der Waals surface area contributed by atoms with Crippen LogP contribution in [0.2, 0.25) is 5.02 Å². The molecule has 0 aliphatic carbocycles. The molecule has 0 aliphatic rings. The van der Waals surface area contributed by atoms with Crippen LogP contribution in [0, 0.1) is 0 Å². The molecule has 2 aromatic carbocycles. The van der Waals surface area contributed by atoms with Crippen LogP contribution in [0.4, 0.5) is 0 Å². The van der Waals surface area contributed by atoms with Gasteiger partial charge in [-0.1, -0.05) is 48.0 Å². The quantitative estimate of drug-likeness (QED) is 0.456. The molecule has 0 saturated heterocycles. The predicted octanol–water partition coefficient (Wildman–Crippen LogP) is 4.15. The number of aliphatic hydroxyl groups excluding tert-OH is 1. The van der Waals surface area contributed by atoms with Crippen molar-refractivity contribution in [3.8, 4) is 11.3 Å². The molecule has 2 aromatic heterocycles. The summed E-state index contributed by atoms with van der Waals surface area (Å²) in [5.74, 6) is -0.274. The number of aromatic amines is 1. The Morgan fingerprint density at radius 1 is 1.11 bits per heavy atom. The Bertz CT molecular complexity index is 1140. The summed E-state index contributed by atoms with van der Waals surface area (Å²) in [5.41, 5.74) is 3.54. The Balaban J connectivity index is 1.94. The molecule has 0 spiro atoms. The summed E-state index contributed by atoms with van der Waals surface area (Å²) in [5, 5.41) is 14.2. The van der Waals surface area contributed by atoms with Crippen LogP contribution in [0.1, 0.15) is 16.9 Å². The number of nitrogens with one attached hydrogen (secondary N) is 2. The summed E-state index contributed by atoms with van der Waals surface area (Å²) in [6, 6.07) is 17.2. The second-order valence-electron chi connectivity index (χ2n) is 6.26. The first-order valence-electron chi connectivity index (χ1n) is 8.74. The molecule has 5 nitrogen and oxygen atoms in total. The molecule has 4 rings (SSSR count). The standard InChI is InChI=1S/C21H18ClN3O2/c22-16-8-3-1-7-14(16)19-20-15(13-6-2-4-9-17(13)24-20)12-18(25-19)21(27)23-10-5-11-26/h1-4,6-9,12,24,26H,5,10-11H2,(H,23,27). The number of pyridine rings is 1. The number of H-pyrrole nitrogens is 1. The normalized spacial score (nSPS) is 11.2. The van der Waals surface area contributed by atoms with Crippen LogP contribution in [-0.2, 0) is 0 Å². The number of hydrogen-bond acceptors (Lipinski definition) is 3. The highest BCUT2D eigenvalue weighted by Gasteiger charge is 2.18. The number of hydrogen-bond donors (Lipinski definition) is 3. The fourth-order valence-corrected chi connectivity index (χ4v) is 3.41. The van der Waals surface area contributed by atoms with Gasteiger partial charge in [0.15, 0.2) is 0 Å². The van der Waals surface area contributed by atoms with E-state index in [1.54, 1.807) is 12.1 Å². The van der Waals surface area contributed by atoms with E-state index in [1.807, 2.05) is 42.5 Å². The summed E-state index contributed by atoms with van der Waals surface area (Å²) in [6.07, 6.45) is 0.498. The Morgan fingerprint density at radius 3 is 2.70 bits per heavy atom. The lowest BCUT2D eigenvalue weighted by Gasteiger charge is -2.09. The van der Waals surface area contributed by atoms with Gasteiger partial charge in [-0.25, -0.2) is 4.98 Å². The van der Waals surface area contributed by atoms with Gasteiger partial charge >= 0.3 is 0 Å². The number of rotatable bonds is 5. The average Bonchev–Trinajstić information content (AvgIpc) is 3.06. The first-order chi connectivity index (χ1) is 13.2. The summed E-state index contributed by atoms with van der Waals surface area (Å²) in [7, 11) is 0. The second kappa shape index (κ2) is 7.39. The number of carbonyl (C=O) groups excluding carboxylic acids is 1. The molecule has 0 aliphatic heterocycles. The number of para-hydroxylation sites is 1. The number of nitrogens with zero attached hydrogens (tertiary/aromatic N) is 1. The third kappa shape index (κ3) is 3.27. The molecule has 2 heterocycles. The minimum absolute atomic E-state index is 0.0278. The number of aromatic nitrogens is 2. The fraction of sp³-hybridized carbons (Fsp3) is 0.143. The SMILES string of the molecule is O=C(NCCCO)c1cc2c([nH]c3ccccc32)c(-c2ccccc2Cl)n1. The van der Waals surface area contributed by atoms with Gasteiger partial charge in [-0.3, -0.25) is 4.79 Å². The van der Waals surface area contributed by atoms with Crippen molar-refractivity contribution in [1.82, 2.24) is 15.3 Å². The molecule has 0 atom stereocenters. The van der Waals surface area contributed by atoms with Crippen molar-refractivity contribution in [2.75, 3.05) is 13.2 Å². The number of benzene rings is 2. The monoisotopic (exact) mass is 379 g/mol. The van der Waals surface area contributed by atoms with E-state index in [0.29, 0.717) is 29.4 Å². The van der Waals surface area contributed by atoms with Crippen molar-refractivity contribution in [3.05, 3.63) is 65.3 Å². The lowest BCUT2D eigenvalue weighted by Crippen LogP contribution is -2.26. The van der Waals surface area contributed by atoms with Crippen LogP contribution in [-0.4, -0.2) is 34.1 Å². The van der Waals surface area contributed by atoms with Gasteiger partial charge in [0.25, 0.3) is 5.91 Å². The maximum absolute atomic E-state index is 12.6. The maximum atomic E-state index is 12.6. The van der Waals surface area contributed by atoms with Crippen molar-refractivity contribution in [2.45, 2.75) is 6.42 Å². The molecule has 27 heavy (non-hydrogen) atoms. The molecule has 0 fully saturated rings. The van der Waals surface area contributed by atoms with Crippen molar-refractivity contribution >= 4 is 39.3 Å². The number of halogens is 1. The molecule has 3 N–H and O–H groups in total. The molecular weight excluding hydrogens is 362 g/mol. The number of amides is 1. The van der Waals surface area contributed by atoms with Crippen LogP contribution < -0.4 is 5.32 Å². The van der Waals surface area contributed by atoms with E-state index in [-0.39, 0.29) is 12.5 Å². The molecule has 1 amide bonds. The van der Waals surface area contributed by atoms with Crippen LogP contribution >= 0.6 is 11.6 Å².